The van der Waals surface area contributed by atoms with Gasteiger partial charge in [0, 0.05) is 31.4 Å². The maximum Gasteiger partial charge on any atom is 0.272 e. The fraction of sp³-hybridized carbons (Fsp3) is 0.435. The van der Waals surface area contributed by atoms with Crippen LogP contribution >= 0.6 is 0 Å². The quantitative estimate of drug-likeness (QED) is 0.615. The minimum absolute atomic E-state index is 0.0428. The molecule has 0 spiro atoms. The molecule has 1 heterocycles. The Morgan fingerprint density at radius 1 is 1.19 bits per heavy atom. The van der Waals surface area contributed by atoms with E-state index in [0.717, 1.165) is 5.56 Å². The van der Waals surface area contributed by atoms with Crippen LogP contribution in [0.4, 0.5) is 8.78 Å². The summed E-state index contributed by atoms with van der Waals surface area (Å²) in [4.78, 5) is 30.7. The van der Waals surface area contributed by atoms with E-state index < -0.39 is 13.0 Å². The molecule has 31 heavy (non-hydrogen) atoms. The van der Waals surface area contributed by atoms with Gasteiger partial charge in [0.2, 0.25) is 5.91 Å². The van der Waals surface area contributed by atoms with Crippen LogP contribution in [0.2, 0.25) is 0 Å². The van der Waals surface area contributed by atoms with Gasteiger partial charge in [0.25, 0.3) is 12.3 Å². The number of nitrogens with one attached hydrogen (secondary N) is 1. The van der Waals surface area contributed by atoms with Crippen LogP contribution in [-0.2, 0) is 4.79 Å². The van der Waals surface area contributed by atoms with Gasteiger partial charge in [-0.3, -0.25) is 14.6 Å². The lowest BCUT2D eigenvalue weighted by molar-refractivity contribution is -0.136. The number of hydrogen-bond acceptors (Lipinski definition) is 4. The molecule has 2 rings (SSSR count). The summed E-state index contributed by atoms with van der Waals surface area (Å²) < 4.78 is 30.0. The third-order valence-corrected chi connectivity index (χ3v) is 4.85. The Labute approximate surface area is 181 Å². The number of aryl methyl sites for hydroxylation is 1. The standard InChI is InChI=1S/C23H29F2N3O3/c1-15(2)23(30)28(11-10-27-22(29)19-6-5-9-26-13-19)17(4)18-7-8-20(16(3)12-18)31-14-21(24)25/h5-9,12-13,15,17,21H,10-11,14H2,1-4H3,(H,27,29). The summed E-state index contributed by atoms with van der Waals surface area (Å²) in [6, 6.07) is 8.33. The van der Waals surface area contributed by atoms with Crippen molar-refractivity contribution < 1.29 is 23.1 Å². The number of amides is 2. The normalized spacial score (nSPS) is 12.0. The van der Waals surface area contributed by atoms with Crippen molar-refractivity contribution in [3.8, 4) is 5.75 Å². The van der Waals surface area contributed by atoms with Crippen molar-refractivity contribution in [3.05, 3.63) is 59.4 Å². The van der Waals surface area contributed by atoms with Crippen LogP contribution in [0, 0.1) is 12.8 Å². The third kappa shape index (κ3) is 7.01. The fourth-order valence-electron chi connectivity index (χ4n) is 3.14. The molecule has 1 unspecified atom stereocenters. The van der Waals surface area contributed by atoms with Gasteiger partial charge in [-0.2, -0.15) is 0 Å². The van der Waals surface area contributed by atoms with Gasteiger partial charge in [0.1, 0.15) is 12.4 Å². The van der Waals surface area contributed by atoms with Crippen LogP contribution in [0.5, 0.6) is 5.75 Å². The Balaban J connectivity index is 2.09. The second-order valence-electron chi connectivity index (χ2n) is 7.59. The summed E-state index contributed by atoms with van der Waals surface area (Å²) in [5, 5.41) is 2.81. The average Bonchev–Trinajstić information content (AvgIpc) is 2.75. The lowest BCUT2D eigenvalue weighted by atomic mass is 10.0. The number of halogens is 2. The minimum atomic E-state index is -2.54. The molecule has 1 N–H and O–H groups in total. The van der Waals surface area contributed by atoms with Gasteiger partial charge in [-0.25, -0.2) is 8.78 Å². The van der Waals surface area contributed by atoms with E-state index in [4.69, 9.17) is 4.74 Å². The molecular formula is C23H29F2N3O3. The van der Waals surface area contributed by atoms with Gasteiger partial charge in [0.05, 0.1) is 11.6 Å². The van der Waals surface area contributed by atoms with Crippen LogP contribution in [0.1, 0.15) is 48.3 Å². The van der Waals surface area contributed by atoms with Crippen LogP contribution in [0.25, 0.3) is 0 Å². The summed E-state index contributed by atoms with van der Waals surface area (Å²) in [5.74, 6) is -0.124. The first-order chi connectivity index (χ1) is 14.7. The van der Waals surface area contributed by atoms with Crippen LogP contribution in [-0.4, -0.2) is 47.8 Å². The van der Waals surface area contributed by atoms with Gasteiger partial charge in [0.15, 0.2) is 0 Å². The Morgan fingerprint density at radius 3 is 2.52 bits per heavy atom. The van der Waals surface area contributed by atoms with Gasteiger partial charge in [-0.05, 0) is 43.2 Å². The van der Waals surface area contributed by atoms with Crippen LogP contribution in [0.3, 0.4) is 0 Å². The maximum absolute atomic E-state index is 12.8. The molecule has 0 aliphatic rings. The molecular weight excluding hydrogens is 404 g/mol. The molecule has 1 aromatic carbocycles. The van der Waals surface area contributed by atoms with E-state index in [1.54, 1.807) is 42.3 Å². The number of carbonyl (C=O) groups is 2. The first-order valence-corrected chi connectivity index (χ1v) is 10.2. The molecule has 1 aromatic heterocycles. The highest BCUT2D eigenvalue weighted by Gasteiger charge is 2.24. The van der Waals surface area contributed by atoms with Gasteiger partial charge < -0.3 is 15.0 Å². The minimum Gasteiger partial charge on any atom is -0.487 e. The number of rotatable bonds is 10. The van der Waals surface area contributed by atoms with E-state index in [9.17, 15) is 18.4 Å². The zero-order valence-electron chi connectivity index (χ0n) is 18.3. The summed E-state index contributed by atoms with van der Waals surface area (Å²) in [5.41, 5.74) is 2.02. The topological polar surface area (TPSA) is 71.5 Å². The third-order valence-electron chi connectivity index (χ3n) is 4.85. The maximum atomic E-state index is 12.8. The van der Waals surface area contributed by atoms with E-state index >= 15 is 0 Å². The zero-order valence-corrected chi connectivity index (χ0v) is 18.3. The van der Waals surface area contributed by atoms with Crippen molar-refractivity contribution in [2.45, 2.75) is 40.2 Å². The number of alkyl halides is 2. The number of carbonyl (C=O) groups excluding carboxylic acids is 2. The number of aromatic nitrogens is 1. The Hall–Kier alpha value is -3.03. The lowest BCUT2D eigenvalue weighted by Crippen LogP contribution is -2.42. The van der Waals surface area contributed by atoms with Crippen molar-refractivity contribution in [2.75, 3.05) is 19.7 Å². The van der Waals surface area contributed by atoms with E-state index in [0.29, 0.717) is 23.4 Å². The van der Waals surface area contributed by atoms with Crippen LogP contribution < -0.4 is 10.1 Å². The molecule has 0 aliphatic carbocycles. The van der Waals surface area contributed by atoms with Gasteiger partial charge >= 0.3 is 0 Å². The Morgan fingerprint density at radius 2 is 1.94 bits per heavy atom. The molecule has 2 aromatic rings. The van der Waals surface area contributed by atoms with Crippen molar-refractivity contribution in [1.82, 2.24) is 15.2 Å². The second kappa shape index (κ2) is 11.4. The van der Waals surface area contributed by atoms with Crippen LogP contribution in [0.15, 0.2) is 42.7 Å². The zero-order chi connectivity index (χ0) is 23.0. The smallest absolute Gasteiger partial charge is 0.272 e. The van der Waals surface area contributed by atoms with E-state index in [-0.39, 0.29) is 30.3 Å². The van der Waals surface area contributed by atoms with Gasteiger partial charge in [-0.1, -0.05) is 26.0 Å². The molecule has 0 aliphatic heterocycles. The highest BCUT2D eigenvalue weighted by atomic mass is 19.3. The summed E-state index contributed by atoms with van der Waals surface area (Å²) in [6.45, 7) is 7.27. The number of hydrogen-bond donors (Lipinski definition) is 1. The van der Waals surface area contributed by atoms with Crippen molar-refractivity contribution in [1.29, 1.82) is 0 Å². The first-order valence-electron chi connectivity index (χ1n) is 10.2. The number of pyridine rings is 1. The number of benzene rings is 1. The average molecular weight is 433 g/mol. The first kappa shape index (κ1) is 24.2. The summed E-state index contributed by atoms with van der Waals surface area (Å²) in [6.07, 6.45) is 0.530. The molecule has 0 radical (unpaired) electrons. The number of ether oxygens (including phenoxy) is 1. The molecule has 1 atom stereocenters. The monoisotopic (exact) mass is 433 g/mol. The highest BCUT2D eigenvalue weighted by Crippen LogP contribution is 2.27. The molecule has 0 bridgehead atoms. The predicted molar refractivity (Wildman–Crippen MR) is 114 cm³/mol. The summed E-state index contributed by atoms with van der Waals surface area (Å²) in [7, 11) is 0. The Bertz CT molecular complexity index is 876. The molecule has 2 amide bonds. The molecule has 0 fully saturated rings. The molecule has 168 valence electrons. The molecule has 0 saturated carbocycles. The number of nitrogens with zero attached hydrogens (tertiary/aromatic N) is 2. The Kier molecular flexibility index (Phi) is 8.90. The fourth-order valence-corrected chi connectivity index (χ4v) is 3.14. The van der Waals surface area contributed by atoms with E-state index in [2.05, 4.69) is 10.3 Å². The molecule has 6 nitrogen and oxygen atoms in total. The summed E-state index contributed by atoms with van der Waals surface area (Å²) >= 11 is 0. The van der Waals surface area contributed by atoms with Crippen molar-refractivity contribution in [2.24, 2.45) is 5.92 Å². The van der Waals surface area contributed by atoms with E-state index in [1.165, 1.54) is 6.20 Å². The predicted octanol–water partition coefficient (Wildman–Crippen LogP) is 4.01. The van der Waals surface area contributed by atoms with Gasteiger partial charge in [-0.15, -0.1) is 0 Å². The largest absolute Gasteiger partial charge is 0.487 e. The second-order valence-corrected chi connectivity index (χ2v) is 7.59. The molecule has 0 saturated heterocycles. The SMILES string of the molecule is Cc1cc(C(C)N(CCNC(=O)c2cccnc2)C(=O)C(C)C)ccc1OCC(F)F. The van der Waals surface area contributed by atoms with Crippen molar-refractivity contribution >= 4 is 11.8 Å². The highest BCUT2D eigenvalue weighted by molar-refractivity contribution is 5.93. The van der Waals surface area contributed by atoms with Crippen molar-refractivity contribution in [3.63, 3.8) is 0 Å². The lowest BCUT2D eigenvalue weighted by Gasteiger charge is -2.31. The molecule has 8 heteroatoms. The van der Waals surface area contributed by atoms with E-state index in [1.807, 2.05) is 26.8 Å².